The average Bonchev–Trinajstić information content (AvgIpc) is 2.50. The Morgan fingerprint density at radius 3 is 3.00 bits per heavy atom. The Morgan fingerprint density at radius 2 is 2.15 bits per heavy atom. The zero-order valence-corrected chi connectivity index (χ0v) is 11.7. The van der Waals surface area contributed by atoms with Gasteiger partial charge in [-0.1, -0.05) is 24.3 Å². The highest BCUT2D eigenvalue weighted by molar-refractivity contribution is 5.58. The number of benzene rings is 1. The fraction of sp³-hybridized carbons (Fsp3) is 0.312. The van der Waals surface area contributed by atoms with Crippen molar-refractivity contribution < 1.29 is 0 Å². The summed E-state index contributed by atoms with van der Waals surface area (Å²) < 4.78 is 0. The fourth-order valence-corrected chi connectivity index (χ4v) is 2.88. The Kier molecular flexibility index (Phi) is 3.56. The summed E-state index contributed by atoms with van der Waals surface area (Å²) in [5.74, 6) is 6.31. The molecule has 2 heterocycles. The van der Waals surface area contributed by atoms with Crippen LogP contribution in [-0.4, -0.2) is 11.0 Å². The van der Waals surface area contributed by atoms with Crippen molar-refractivity contribution >= 4 is 11.5 Å². The molecule has 1 atom stereocenters. The Morgan fingerprint density at radius 1 is 1.30 bits per heavy atom. The first-order valence-corrected chi connectivity index (χ1v) is 7.04. The topological polar surface area (TPSA) is 54.2 Å². The predicted octanol–water partition coefficient (Wildman–Crippen LogP) is 2.71. The molecule has 20 heavy (non-hydrogen) atoms. The molecule has 1 aromatic carbocycles. The number of rotatable bonds is 3. The van der Waals surface area contributed by atoms with Crippen LogP contribution in [0.3, 0.4) is 0 Å². The van der Waals surface area contributed by atoms with Gasteiger partial charge in [0.1, 0.15) is 5.82 Å². The molecule has 104 valence electrons. The number of hydrazine groups is 1. The van der Waals surface area contributed by atoms with Crippen LogP contribution in [0.15, 0.2) is 42.6 Å². The van der Waals surface area contributed by atoms with E-state index in [0.717, 1.165) is 24.3 Å². The van der Waals surface area contributed by atoms with E-state index in [4.69, 9.17) is 5.84 Å². The van der Waals surface area contributed by atoms with Gasteiger partial charge in [-0.3, -0.25) is 0 Å². The third kappa shape index (κ3) is 2.34. The van der Waals surface area contributed by atoms with Crippen LogP contribution in [0.2, 0.25) is 0 Å². The van der Waals surface area contributed by atoms with Gasteiger partial charge in [0.25, 0.3) is 0 Å². The molecule has 0 saturated heterocycles. The fourth-order valence-electron chi connectivity index (χ4n) is 2.88. The largest absolute Gasteiger partial charge is 0.364 e. The zero-order valence-electron chi connectivity index (χ0n) is 11.7. The predicted molar refractivity (Wildman–Crippen MR) is 82.5 cm³/mol. The molecule has 1 unspecified atom stereocenters. The van der Waals surface area contributed by atoms with Gasteiger partial charge in [-0.25, -0.2) is 10.8 Å². The number of nitrogens with two attached hydrogens (primary N) is 1. The van der Waals surface area contributed by atoms with Crippen LogP contribution < -0.4 is 16.2 Å². The van der Waals surface area contributed by atoms with Crippen LogP contribution >= 0.6 is 0 Å². The first-order valence-electron chi connectivity index (χ1n) is 7.04. The molecule has 0 aliphatic carbocycles. The van der Waals surface area contributed by atoms with E-state index in [1.807, 2.05) is 6.07 Å². The maximum absolute atomic E-state index is 5.55. The normalized spacial score (nSPS) is 17.7. The van der Waals surface area contributed by atoms with Gasteiger partial charge >= 0.3 is 0 Å². The van der Waals surface area contributed by atoms with E-state index in [0.29, 0.717) is 6.04 Å². The first-order chi connectivity index (χ1) is 9.79. The first kappa shape index (κ1) is 12.9. The lowest BCUT2D eigenvalue weighted by atomic mass is 9.96. The molecule has 4 heteroatoms. The van der Waals surface area contributed by atoms with Gasteiger partial charge in [-0.2, -0.15) is 0 Å². The molecule has 1 aliphatic rings. The second kappa shape index (κ2) is 5.51. The lowest BCUT2D eigenvalue weighted by Crippen LogP contribution is -2.37. The van der Waals surface area contributed by atoms with Crippen molar-refractivity contribution in [2.75, 3.05) is 10.3 Å². The van der Waals surface area contributed by atoms with E-state index in [9.17, 15) is 0 Å². The summed E-state index contributed by atoms with van der Waals surface area (Å²) >= 11 is 0. The Hall–Kier alpha value is -2.07. The summed E-state index contributed by atoms with van der Waals surface area (Å²) in [6.45, 7) is 3.10. The number of aromatic nitrogens is 1. The summed E-state index contributed by atoms with van der Waals surface area (Å²) in [5.41, 5.74) is 6.57. The highest BCUT2D eigenvalue weighted by Crippen LogP contribution is 2.32. The highest BCUT2D eigenvalue weighted by Gasteiger charge is 2.23. The van der Waals surface area contributed by atoms with Gasteiger partial charge in [-0.15, -0.1) is 0 Å². The smallest absolute Gasteiger partial charge is 0.144 e. The number of anilines is 2. The number of nitrogen functional groups attached to an aromatic ring is 1. The summed E-state index contributed by atoms with van der Waals surface area (Å²) in [6.07, 6.45) is 4.10. The summed E-state index contributed by atoms with van der Waals surface area (Å²) in [5, 5.41) is 0. The highest BCUT2D eigenvalue weighted by atomic mass is 15.3. The minimum atomic E-state index is 0.524. The monoisotopic (exact) mass is 268 g/mol. The summed E-state index contributed by atoms with van der Waals surface area (Å²) in [7, 11) is 0. The summed E-state index contributed by atoms with van der Waals surface area (Å²) in [6, 6.07) is 13.2. The number of hydrogen-bond acceptors (Lipinski definition) is 4. The molecule has 0 amide bonds. The molecule has 0 radical (unpaired) electrons. The second-order valence-corrected chi connectivity index (χ2v) is 5.30. The third-order valence-electron chi connectivity index (χ3n) is 4.03. The SMILES string of the molecule is CC1CCc2ccccc2N1Cc1cccnc1NN. The van der Waals surface area contributed by atoms with Crippen LogP contribution in [0.1, 0.15) is 24.5 Å². The molecule has 2 aromatic rings. The van der Waals surface area contributed by atoms with Crippen LogP contribution in [0, 0.1) is 0 Å². The number of nitrogens with one attached hydrogen (secondary N) is 1. The van der Waals surface area contributed by atoms with E-state index >= 15 is 0 Å². The number of hydrogen-bond donors (Lipinski definition) is 2. The standard InChI is InChI=1S/C16H20N4/c1-12-8-9-13-5-2-3-7-15(13)20(12)11-14-6-4-10-18-16(14)19-17/h2-7,10,12H,8-9,11,17H2,1H3,(H,18,19). The van der Waals surface area contributed by atoms with E-state index in [2.05, 4.69) is 52.6 Å². The van der Waals surface area contributed by atoms with Crippen molar-refractivity contribution in [2.45, 2.75) is 32.4 Å². The zero-order chi connectivity index (χ0) is 13.9. The Balaban J connectivity index is 1.94. The molecular formula is C16H20N4. The minimum Gasteiger partial charge on any atom is -0.364 e. The number of fused-ring (bicyclic) bond motifs is 1. The third-order valence-corrected chi connectivity index (χ3v) is 4.03. The van der Waals surface area contributed by atoms with Crippen molar-refractivity contribution in [2.24, 2.45) is 5.84 Å². The summed E-state index contributed by atoms with van der Waals surface area (Å²) in [4.78, 5) is 6.72. The lowest BCUT2D eigenvalue weighted by molar-refractivity contribution is 0.560. The molecule has 4 nitrogen and oxygen atoms in total. The second-order valence-electron chi connectivity index (χ2n) is 5.30. The molecular weight excluding hydrogens is 248 g/mol. The lowest BCUT2D eigenvalue weighted by Gasteiger charge is -2.37. The van der Waals surface area contributed by atoms with Crippen molar-refractivity contribution in [3.63, 3.8) is 0 Å². The van der Waals surface area contributed by atoms with Crippen LogP contribution in [0.25, 0.3) is 0 Å². The molecule has 3 N–H and O–H groups in total. The molecule has 3 rings (SSSR count). The van der Waals surface area contributed by atoms with E-state index < -0.39 is 0 Å². The average molecular weight is 268 g/mol. The molecule has 1 aliphatic heterocycles. The molecule has 1 aromatic heterocycles. The molecule has 0 saturated carbocycles. The number of nitrogens with zero attached hydrogens (tertiary/aromatic N) is 2. The number of pyridine rings is 1. The van der Waals surface area contributed by atoms with Gasteiger partial charge in [0.05, 0.1) is 0 Å². The quantitative estimate of drug-likeness (QED) is 0.664. The number of aryl methyl sites for hydroxylation is 1. The van der Waals surface area contributed by atoms with Gasteiger partial charge in [0, 0.05) is 30.0 Å². The van der Waals surface area contributed by atoms with E-state index in [1.165, 1.54) is 17.7 Å². The molecule has 0 fully saturated rings. The van der Waals surface area contributed by atoms with Crippen molar-refractivity contribution in [1.29, 1.82) is 0 Å². The van der Waals surface area contributed by atoms with Crippen LogP contribution in [0.4, 0.5) is 11.5 Å². The molecule has 0 bridgehead atoms. The van der Waals surface area contributed by atoms with Gasteiger partial charge in [0.2, 0.25) is 0 Å². The van der Waals surface area contributed by atoms with Gasteiger partial charge in [0.15, 0.2) is 0 Å². The van der Waals surface area contributed by atoms with Crippen molar-refractivity contribution in [3.05, 3.63) is 53.7 Å². The van der Waals surface area contributed by atoms with E-state index in [1.54, 1.807) is 6.20 Å². The Bertz CT molecular complexity index is 597. The maximum atomic E-state index is 5.55. The van der Waals surface area contributed by atoms with Gasteiger partial charge in [-0.05, 0) is 37.5 Å². The molecule has 0 spiro atoms. The Labute approximate surface area is 119 Å². The van der Waals surface area contributed by atoms with Crippen molar-refractivity contribution in [3.8, 4) is 0 Å². The van der Waals surface area contributed by atoms with Gasteiger partial charge < -0.3 is 10.3 Å². The van der Waals surface area contributed by atoms with Crippen LogP contribution in [-0.2, 0) is 13.0 Å². The number of para-hydroxylation sites is 1. The van der Waals surface area contributed by atoms with E-state index in [-0.39, 0.29) is 0 Å². The minimum absolute atomic E-state index is 0.524. The van der Waals surface area contributed by atoms with Crippen molar-refractivity contribution in [1.82, 2.24) is 4.98 Å². The van der Waals surface area contributed by atoms with Crippen LogP contribution in [0.5, 0.6) is 0 Å². The maximum Gasteiger partial charge on any atom is 0.144 e.